The highest BCUT2D eigenvalue weighted by molar-refractivity contribution is 7.99. The van der Waals surface area contributed by atoms with Gasteiger partial charge in [-0.25, -0.2) is 5.43 Å². The summed E-state index contributed by atoms with van der Waals surface area (Å²) >= 11 is 1.77. The molecular weight excluding hydrogens is 260 g/mol. The standard InChI is InChI=1S/C14H22N2O2S/c1-14(2,9-13(17)16-15-3)19-10-11-5-7-12(18-4)8-6-11/h5-8,15H,9-10H2,1-4H3,(H,16,17). The van der Waals surface area contributed by atoms with Crippen molar-refractivity contribution in [2.45, 2.75) is 30.8 Å². The lowest BCUT2D eigenvalue weighted by Crippen LogP contribution is -2.37. The highest BCUT2D eigenvalue weighted by Gasteiger charge is 2.22. The van der Waals surface area contributed by atoms with Gasteiger partial charge in [0.1, 0.15) is 5.75 Å². The Kier molecular flexibility index (Phi) is 6.18. The van der Waals surface area contributed by atoms with Crippen molar-refractivity contribution in [3.05, 3.63) is 29.8 Å². The molecule has 1 aromatic rings. The molecule has 0 fully saturated rings. The number of hydrogen-bond donors (Lipinski definition) is 2. The van der Waals surface area contributed by atoms with Crippen molar-refractivity contribution in [3.8, 4) is 5.75 Å². The number of nitrogens with one attached hydrogen (secondary N) is 2. The quantitative estimate of drug-likeness (QED) is 0.754. The molecule has 0 aliphatic carbocycles. The predicted molar refractivity (Wildman–Crippen MR) is 80.2 cm³/mol. The van der Waals surface area contributed by atoms with Crippen LogP contribution in [0.25, 0.3) is 0 Å². The van der Waals surface area contributed by atoms with Crippen LogP contribution < -0.4 is 15.6 Å². The predicted octanol–water partition coefficient (Wildman–Crippen LogP) is 2.35. The first-order valence-electron chi connectivity index (χ1n) is 6.19. The second kappa shape index (κ2) is 7.40. The Morgan fingerprint density at radius 3 is 2.47 bits per heavy atom. The minimum Gasteiger partial charge on any atom is -0.497 e. The van der Waals surface area contributed by atoms with E-state index >= 15 is 0 Å². The molecule has 5 heteroatoms. The molecule has 0 saturated heterocycles. The molecule has 1 amide bonds. The number of amides is 1. The van der Waals surface area contributed by atoms with Gasteiger partial charge in [0.15, 0.2) is 0 Å². The van der Waals surface area contributed by atoms with Crippen molar-refractivity contribution in [2.75, 3.05) is 14.2 Å². The molecule has 0 aliphatic heterocycles. The van der Waals surface area contributed by atoms with Crippen LogP contribution in [0.5, 0.6) is 5.75 Å². The average molecular weight is 282 g/mol. The van der Waals surface area contributed by atoms with Gasteiger partial charge in [-0.3, -0.25) is 10.2 Å². The van der Waals surface area contributed by atoms with Crippen LogP contribution in [0.1, 0.15) is 25.8 Å². The van der Waals surface area contributed by atoms with E-state index in [0.29, 0.717) is 6.42 Å². The van der Waals surface area contributed by atoms with Crippen LogP contribution in [-0.2, 0) is 10.5 Å². The lowest BCUT2D eigenvalue weighted by Gasteiger charge is -2.23. The third-order valence-corrected chi connectivity index (χ3v) is 4.04. The van der Waals surface area contributed by atoms with E-state index in [4.69, 9.17) is 4.74 Å². The summed E-state index contributed by atoms with van der Waals surface area (Å²) in [5, 5.41) is 0. The second-order valence-corrected chi connectivity index (χ2v) is 6.55. The molecule has 19 heavy (non-hydrogen) atoms. The smallest absolute Gasteiger partial charge is 0.235 e. The van der Waals surface area contributed by atoms with E-state index in [0.717, 1.165) is 11.5 Å². The molecule has 1 rings (SSSR count). The fourth-order valence-corrected chi connectivity index (χ4v) is 2.60. The number of methoxy groups -OCH3 is 1. The minimum absolute atomic E-state index is 0.00901. The number of rotatable bonds is 7. The topological polar surface area (TPSA) is 50.4 Å². The van der Waals surface area contributed by atoms with Gasteiger partial charge < -0.3 is 4.74 Å². The number of thioether (sulfide) groups is 1. The van der Waals surface area contributed by atoms with E-state index in [1.807, 2.05) is 12.1 Å². The molecule has 0 bridgehead atoms. The van der Waals surface area contributed by atoms with Crippen LogP contribution in [-0.4, -0.2) is 24.8 Å². The van der Waals surface area contributed by atoms with E-state index in [1.165, 1.54) is 5.56 Å². The number of hydrazine groups is 1. The summed E-state index contributed by atoms with van der Waals surface area (Å²) in [6.45, 7) is 4.16. The molecule has 4 nitrogen and oxygen atoms in total. The highest BCUT2D eigenvalue weighted by atomic mass is 32.2. The maximum atomic E-state index is 11.6. The molecule has 0 saturated carbocycles. The first-order valence-corrected chi connectivity index (χ1v) is 7.18. The number of carbonyl (C=O) groups excluding carboxylic acids is 1. The zero-order valence-corrected chi connectivity index (χ0v) is 12.8. The minimum atomic E-state index is -0.0964. The summed E-state index contributed by atoms with van der Waals surface area (Å²) in [5.41, 5.74) is 6.48. The first kappa shape index (κ1) is 15.9. The Morgan fingerprint density at radius 2 is 1.95 bits per heavy atom. The van der Waals surface area contributed by atoms with Crippen LogP contribution in [0.2, 0.25) is 0 Å². The van der Waals surface area contributed by atoms with Gasteiger partial charge in [-0.2, -0.15) is 11.8 Å². The summed E-state index contributed by atoms with van der Waals surface area (Å²) in [6.07, 6.45) is 0.481. The summed E-state index contributed by atoms with van der Waals surface area (Å²) in [4.78, 5) is 11.6. The lowest BCUT2D eigenvalue weighted by atomic mass is 10.1. The van der Waals surface area contributed by atoms with Crippen LogP contribution >= 0.6 is 11.8 Å². The fraction of sp³-hybridized carbons (Fsp3) is 0.500. The van der Waals surface area contributed by atoms with Crippen LogP contribution in [0.3, 0.4) is 0 Å². The second-order valence-electron chi connectivity index (χ2n) is 4.87. The third-order valence-electron chi connectivity index (χ3n) is 2.64. The van der Waals surface area contributed by atoms with Gasteiger partial charge in [-0.1, -0.05) is 26.0 Å². The summed E-state index contributed by atoms with van der Waals surface area (Å²) < 4.78 is 5.03. The van der Waals surface area contributed by atoms with Gasteiger partial charge in [-0.05, 0) is 17.7 Å². The molecular formula is C14H22N2O2S. The summed E-state index contributed by atoms with van der Waals surface area (Å²) in [5.74, 6) is 1.75. The van der Waals surface area contributed by atoms with Gasteiger partial charge in [0.05, 0.1) is 7.11 Å². The monoisotopic (exact) mass is 282 g/mol. The van der Waals surface area contributed by atoms with Crippen LogP contribution in [0, 0.1) is 0 Å². The first-order chi connectivity index (χ1) is 8.96. The number of hydrogen-bond acceptors (Lipinski definition) is 4. The molecule has 0 heterocycles. The molecule has 106 valence electrons. The lowest BCUT2D eigenvalue weighted by molar-refractivity contribution is -0.122. The van der Waals surface area contributed by atoms with Gasteiger partial charge in [0.25, 0.3) is 0 Å². The Labute approximate surface area is 119 Å². The van der Waals surface area contributed by atoms with E-state index < -0.39 is 0 Å². The van der Waals surface area contributed by atoms with Crippen molar-refractivity contribution < 1.29 is 9.53 Å². The molecule has 0 aliphatic rings. The van der Waals surface area contributed by atoms with Crippen molar-refractivity contribution >= 4 is 17.7 Å². The van der Waals surface area contributed by atoms with Crippen molar-refractivity contribution in [1.82, 2.24) is 10.9 Å². The van der Waals surface area contributed by atoms with Gasteiger partial charge in [0.2, 0.25) is 5.91 Å². The Balaban J connectivity index is 2.47. The van der Waals surface area contributed by atoms with Crippen LogP contribution in [0.4, 0.5) is 0 Å². The van der Waals surface area contributed by atoms with Gasteiger partial charge in [-0.15, -0.1) is 0 Å². The number of ether oxygens (including phenoxy) is 1. The molecule has 0 spiro atoms. The highest BCUT2D eigenvalue weighted by Crippen LogP contribution is 2.31. The SMILES string of the molecule is CNNC(=O)CC(C)(C)SCc1ccc(OC)cc1. The molecule has 0 radical (unpaired) electrons. The Bertz CT molecular complexity index is 404. The third kappa shape index (κ3) is 5.98. The Morgan fingerprint density at radius 1 is 1.32 bits per heavy atom. The zero-order valence-electron chi connectivity index (χ0n) is 11.9. The molecule has 2 N–H and O–H groups in total. The van der Waals surface area contributed by atoms with Crippen molar-refractivity contribution in [3.63, 3.8) is 0 Å². The summed E-state index contributed by atoms with van der Waals surface area (Å²) in [7, 11) is 3.35. The van der Waals surface area contributed by atoms with Gasteiger partial charge >= 0.3 is 0 Å². The van der Waals surface area contributed by atoms with Crippen molar-refractivity contribution in [1.29, 1.82) is 0 Å². The van der Waals surface area contributed by atoms with E-state index in [1.54, 1.807) is 25.9 Å². The molecule has 0 unspecified atom stereocenters. The summed E-state index contributed by atoms with van der Waals surface area (Å²) in [6, 6.07) is 8.01. The number of benzene rings is 1. The van der Waals surface area contributed by atoms with Gasteiger partial charge in [0, 0.05) is 24.0 Å². The maximum absolute atomic E-state index is 11.6. The fourth-order valence-electron chi connectivity index (χ4n) is 1.62. The van der Waals surface area contributed by atoms with E-state index in [9.17, 15) is 4.79 Å². The van der Waals surface area contributed by atoms with Crippen molar-refractivity contribution in [2.24, 2.45) is 0 Å². The Hall–Kier alpha value is -1.20. The average Bonchev–Trinajstić information content (AvgIpc) is 2.37. The number of carbonyl (C=O) groups is 1. The molecule has 0 atom stereocenters. The van der Waals surface area contributed by atoms with Crippen LogP contribution in [0.15, 0.2) is 24.3 Å². The largest absolute Gasteiger partial charge is 0.497 e. The zero-order chi connectivity index (χ0) is 14.3. The molecule has 0 aromatic heterocycles. The molecule has 1 aromatic carbocycles. The van der Waals surface area contributed by atoms with E-state index in [2.05, 4.69) is 36.8 Å². The van der Waals surface area contributed by atoms with E-state index in [-0.39, 0.29) is 10.7 Å². The normalized spacial score (nSPS) is 11.2. The maximum Gasteiger partial charge on any atom is 0.235 e.